The molecule has 0 saturated heterocycles. The summed E-state index contributed by atoms with van der Waals surface area (Å²) in [6.07, 6.45) is 5.46. The van der Waals surface area contributed by atoms with E-state index in [0.29, 0.717) is 18.4 Å². The van der Waals surface area contributed by atoms with E-state index in [4.69, 9.17) is 0 Å². The van der Waals surface area contributed by atoms with E-state index in [0.717, 1.165) is 37.6 Å². The molecule has 1 aromatic heterocycles. The molecule has 2 aromatic rings. The van der Waals surface area contributed by atoms with Gasteiger partial charge in [-0.1, -0.05) is 6.07 Å². The summed E-state index contributed by atoms with van der Waals surface area (Å²) in [4.78, 5) is 22.8. The predicted molar refractivity (Wildman–Crippen MR) is 104 cm³/mol. The predicted octanol–water partition coefficient (Wildman–Crippen LogP) is 3.22. The van der Waals surface area contributed by atoms with Crippen molar-refractivity contribution in [1.82, 2.24) is 15.3 Å². The molecule has 1 saturated carbocycles. The van der Waals surface area contributed by atoms with E-state index in [2.05, 4.69) is 20.6 Å². The Bertz CT molecular complexity index is 822. The second-order valence-electron chi connectivity index (χ2n) is 7.31. The monoisotopic (exact) mass is 389 g/mol. The SMILES string of the molecule is CN(C)c1ccnc(N[C@H]2CC[C@@H](CNC(=O)c3cccc(F)c3F)CC2)n1. The van der Waals surface area contributed by atoms with Gasteiger partial charge in [-0.25, -0.2) is 13.8 Å². The molecule has 1 amide bonds. The summed E-state index contributed by atoms with van der Waals surface area (Å²) in [5, 5.41) is 6.10. The van der Waals surface area contributed by atoms with Crippen LogP contribution in [0.15, 0.2) is 30.5 Å². The minimum absolute atomic E-state index is 0.256. The molecule has 1 aromatic carbocycles. The number of anilines is 2. The molecule has 0 aliphatic heterocycles. The second kappa shape index (κ2) is 8.95. The fourth-order valence-electron chi connectivity index (χ4n) is 3.37. The fraction of sp³-hybridized carbons (Fsp3) is 0.450. The lowest BCUT2D eigenvalue weighted by Crippen LogP contribution is -2.34. The Hall–Kier alpha value is -2.77. The molecule has 3 rings (SSSR count). The first-order chi connectivity index (χ1) is 13.4. The standard InChI is InChI=1S/C20H25F2N5O/c1-27(2)17-10-11-23-20(26-17)25-14-8-6-13(7-9-14)12-24-19(28)15-4-3-5-16(21)18(15)22/h3-5,10-11,13-14H,6-9,12H2,1-2H3,(H,24,28)(H,23,25,26)/t13-,14+. The molecule has 1 heterocycles. The van der Waals surface area contributed by atoms with E-state index in [1.807, 2.05) is 25.1 Å². The Balaban J connectivity index is 1.46. The third kappa shape index (κ3) is 4.94. The van der Waals surface area contributed by atoms with Gasteiger partial charge in [0.25, 0.3) is 5.91 Å². The van der Waals surface area contributed by atoms with Gasteiger partial charge in [-0.3, -0.25) is 4.79 Å². The molecule has 1 aliphatic carbocycles. The number of amides is 1. The lowest BCUT2D eigenvalue weighted by molar-refractivity contribution is 0.0938. The maximum atomic E-state index is 13.7. The van der Waals surface area contributed by atoms with Crippen molar-refractivity contribution >= 4 is 17.7 Å². The minimum Gasteiger partial charge on any atom is -0.363 e. The van der Waals surface area contributed by atoms with Crippen LogP contribution in [-0.4, -0.2) is 42.6 Å². The largest absolute Gasteiger partial charge is 0.363 e. The zero-order valence-corrected chi connectivity index (χ0v) is 16.1. The van der Waals surface area contributed by atoms with Crippen LogP contribution in [0.5, 0.6) is 0 Å². The number of nitrogens with zero attached hydrogens (tertiary/aromatic N) is 3. The Morgan fingerprint density at radius 2 is 1.93 bits per heavy atom. The van der Waals surface area contributed by atoms with Crippen molar-refractivity contribution in [3.05, 3.63) is 47.7 Å². The molecule has 1 aliphatic rings. The van der Waals surface area contributed by atoms with E-state index >= 15 is 0 Å². The number of aromatic nitrogens is 2. The van der Waals surface area contributed by atoms with Crippen molar-refractivity contribution in [3.63, 3.8) is 0 Å². The van der Waals surface area contributed by atoms with E-state index in [9.17, 15) is 13.6 Å². The average molecular weight is 389 g/mol. The molecule has 2 N–H and O–H groups in total. The highest BCUT2D eigenvalue weighted by molar-refractivity contribution is 5.94. The van der Waals surface area contributed by atoms with E-state index < -0.39 is 17.5 Å². The average Bonchev–Trinajstić information content (AvgIpc) is 2.69. The van der Waals surface area contributed by atoms with Gasteiger partial charge in [-0.2, -0.15) is 4.98 Å². The van der Waals surface area contributed by atoms with Crippen LogP contribution in [0.4, 0.5) is 20.5 Å². The van der Waals surface area contributed by atoms with Crippen LogP contribution in [0.3, 0.4) is 0 Å². The van der Waals surface area contributed by atoms with Crippen LogP contribution in [0.2, 0.25) is 0 Å². The molecule has 8 heteroatoms. The highest BCUT2D eigenvalue weighted by Gasteiger charge is 2.23. The molecule has 0 unspecified atom stereocenters. The van der Waals surface area contributed by atoms with Gasteiger partial charge in [-0.15, -0.1) is 0 Å². The summed E-state index contributed by atoms with van der Waals surface area (Å²) in [5.41, 5.74) is -0.256. The van der Waals surface area contributed by atoms with E-state index in [1.54, 1.807) is 6.20 Å². The summed E-state index contributed by atoms with van der Waals surface area (Å²) in [5.74, 6) is -0.922. The first-order valence-electron chi connectivity index (χ1n) is 9.43. The van der Waals surface area contributed by atoms with Gasteiger partial charge in [-0.05, 0) is 49.8 Å². The first-order valence-corrected chi connectivity index (χ1v) is 9.43. The number of rotatable bonds is 6. The van der Waals surface area contributed by atoms with Crippen LogP contribution >= 0.6 is 0 Å². The Kier molecular flexibility index (Phi) is 6.38. The van der Waals surface area contributed by atoms with Gasteiger partial charge in [0, 0.05) is 32.9 Å². The first kappa shape index (κ1) is 20.0. The summed E-state index contributed by atoms with van der Waals surface area (Å²) in [6, 6.07) is 5.75. The van der Waals surface area contributed by atoms with Crippen LogP contribution in [0, 0.1) is 17.6 Å². The van der Waals surface area contributed by atoms with Gasteiger partial charge in [0.05, 0.1) is 5.56 Å². The number of carbonyl (C=O) groups excluding carboxylic acids is 1. The summed E-state index contributed by atoms with van der Waals surface area (Å²) >= 11 is 0. The van der Waals surface area contributed by atoms with Gasteiger partial charge in [0.2, 0.25) is 5.95 Å². The van der Waals surface area contributed by atoms with Crippen molar-refractivity contribution in [2.24, 2.45) is 5.92 Å². The van der Waals surface area contributed by atoms with Crippen LogP contribution < -0.4 is 15.5 Å². The number of halogens is 2. The van der Waals surface area contributed by atoms with Crippen molar-refractivity contribution in [2.75, 3.05) is 30.9 Å². The minimum atomic E-state index is -1.10. The third-order valence-electron chi connectivity index (χ3n) is 5.03. The number of hydrogen-bond donors (Lipinski definition) is 2. The molecule has 0 spiro atoms. The molecular weight excluding hydrogens is 364 g/mol. The molecule has 0 radical (unpaired) electrons. The zero-order valence-electron chi connectivity index (χ0n) is 16.1. The van der Waals surface area contributed by atoms with Gasteiger partial charge < -0.3 is 15.5 Å². The molecule has 0 bridgehead atoms. The van der Waals surface area contributed by atoms with E-state index in [-0.39, 0.29) is 11.6 Å². The van der Waals surface area contributed by atoms with Gasteiger partial charge in [0.15, 0.2) is 11.6 Å². The normalized spacial score (nSPS) is 19.1. The maximum absolute atomic E-state index is 13.7. The number of carbonyl (C=O) groups is 1. The van der Waals surface area contributed by atoms with Crippen LogP contribution in [-0.2, 0) is 0 Å². The molecule has 0 atom stereocenters. The fourth-order valence-corrected chi connectivity index (χ4v) is 3.37. The van der Waals surface area contributed by atoms with Crippen LogP contribution in [0.25, 0.3) is 0 Å². The Morgan fingerprint density at radius 3 is 2.64 bits per heavy atom. The molecule has 1 fully saturated rings. The number of hydrogen-bond acceptors (Lipinski definition) is 5. The molecule has 6 nitrogen and oxygen atoms in total. The summed E-state index contributed by atoms with van der Waals surface area (Å²) in [6.45, 7) is 0.453. The lowest BCUT2D eigenvalue weighted by Gasteiger charge is -2.29. The highest BCUT2D eigenvalue weighted by atomic mass is 19.2. The van der Waals surface area contributed by atoms with Gasteiger partial charge in [0.1, 0.15) is 5.82 Å². The van der Waals surface area contributed by atoms with Gasteiger partial charge >= 0.3 is 0 Å². The van der Waals surface area contributed by atoms with Crippen molar-refractivity contribution in [1.29, 1.82) is 0 Å². The number of benzene rings is 1. The quantitative estimate of drug-likeness (QED) is 0.794. The third-order valence-corrected chi connectivity index (χ3v) is 5.03. The molecule has 28 heavy (non-hydrogen) atoms. The Labute approximate surface area is 163 Å². The molecule has 150 valence electrons. The van der Waals surface area contributed by atoms with E-state index in [1.165, 1.54) is 12.1 Å². The number of nitrogens with one attached hydrogen (secondary N) is 2. The van der Waals surface area contributed by atoms with Crippen molar-refractivity contribution in [3.8, 4) is 0 Å². The lowest BCUT2D eigenvalue weighted by atomic mass is 9.86. The summed E-state index contributed by atoms with van der Waals surface area (Å²) in [7, 11) is 3.86. The maximum Gasteiger partial charge on any atom is 0.254 e. The second-order valence-corrected chi connectivity index (χ2v) is 7.31. The molecular formula is C20H25F2N5O. The van der Waals surface area contributed by atoms with Crippen LogP contribution in [0.1, 0.15) is 36.0 Å². The highest BCUT2D eigenvalue weighted by Crippen LogP contribution is 2.26. The summed E-state index contributed by atoms with van der Waals surface area (Å²) < 4.78 is 26.9. The zero-order chi connectivity index (χ0) is 20.1. The topological polar surface area (TPSA) is 70.2 Å². The Morgan fingerprint density at radius 1 is 1.18 bits per heavy atom. The van der Waals surface area contributed by atoms with Crippen molar-refractivity contribution in [2.45, 2.75) is 31.7 Å². The smallest absolute Gasteiger partial charge is 0.254 e. The van der Waals surface area contributed by atoms with Crippen molar-refractivity contribution < 1.29 is 13.6 Å².